The molecule has 0 bridgehead atoms. The Labute approximate surface area is 77.0 Å². The average molecular weight is 182 g/mol. The Morgan fingerprint density at radius 1 is 1.62 bits per heavy atom. The summed E-state index contributed by atoms with van der Waals surface area (Å²) >= 11 is 0. The number of rotatable bonds is 5. The topological polar surface area (TPSA) is 58.3 Å². The van der Waals surface area contributed by atoms with Gasteiger partial charge in [0.05, 0.1) is 12.7 Å². The SMILES string of the molecule is OCC1(CNCc2cnco2)CC1. The van der Waals surface area contributed by atoms with Crippen molar-refractivity contribution in [3.63, 3.8) is 0 Å². The van der Waals surface area contributed by atoms with Gasteiger partial charge in [-0.2, -0.15) is 0 Å². The summed E-state index contributed by atoms with van der Waals surface area (Å²) in [7, 11) is 0. The molecule has 1 aliphatic carbocycles. The summed E-state index contributed by atoms with van der Waals surface area (Å²) in [6, 6.07) is 0. The quantitative estimate of drug-likeness (QED) is 0.697. The van der Waals surface area contributed by atoms with Crippen LogP contribution in [0.3, 0.4) is 0 Å². The molecule has 72 valence electrons. The van der Waals surface area contributed by atoms with Gasteiger partial charge in [0.1, 0.15) is 5.76 Å². The van der Waals surface area contributed by atoms with E-state index in [0.717, 1.165) is 25.1 Å². The van der Waals surface area contributed by atoms with Crippen LogP contribution >= 0.6 is 0 Å². The zero-order chi connectivity index (χ0) is 9.15. The summed E-state index contributed by atoms with van der Waals surface area (Å²) in [6.45, 7) is 1.85. The number of nitrogens with zero attached hydrogens (tertiary/aromatic N) is 1. The molecule has 1 saturated carbocycles. The molecule has 1 fully saturated rings. The minimum absolute atomic E-state index is 0.167. The van der Waals surface area contributed by atoms with Gasteiger partial charge in [-0.05, 0) is 12.8 Å². The minimum Gasteiger partial charge on any atom is -0.447 e. The Balaban J connectivity index is 1.70. The molecule has 0 atom stereocenters. The van der Waals surface area contributed by atoms with Gasteiger partial charge in [-0.15, -0.1) is 0 Å². The Kier molecular flexibility index (Phi) is 2.33. The average Bonchev–Trinajstić information content (AvgIpc) is 2.74. The van der Waals surface area contributed by atoms with Gasteiger partial charge >= 0.3 is 0 Å². The predicted octanol–water partition coefficient (Wildman–Crippen LogP) is 0.537. The van der Waals surface area contributed by atoms with Gasteiger partial charge < -0.3 is 14.8 Å². The van der Waals surface area contributed by atoms with Crippen molar-refractivity contribution in [3.8, 4) is 0 Å². The van der Waals surface area contributed by atoms with Gasteiger partial charge in [-0.25, -0.2) is 4.98 Å². The lowest BCUT2D eigenvalue weighted by atomic mass is 10.1. The van der Waals surface area contributed by atoms with Crippen molar-refractivity contribution in [3.05, 3.63) is 18.4 Å². The van der Waals surface area contributed by atoms with Gasteiger partial charge in [0, 0.05) is 18.6 Å². The molecule has 0 aromatic carbocycles. The van der Waals surface area contributed by atoms with Crippen molar-refractivity contribution in [1.82, 2.24) is 10.3 Å². The minimum atomic E-state index is 0.167. The van der Waals surface area contributed by atoms with Crippen LogP contribution in [-0.2, 0) is 6.54 Å². The zero-order valence-electron chi connectivity index (χ0n) is 7.49. The summed E-state index contributed by atoms with van der Waals surface area (Å²) in [4.78, 5) is 3.82. The largest absolute Gasteiger partial charge is 0.447 e. The van der Waals surface area contributed by atoms with E-state index in [1.54, 1.807) is 6.20 Å². The maximum absolute atomic E-state index is 9.04. The third-order valence-electron chi connectivity index (χ3n) is 2.58. The third kappa shape index (κ3) is 2.08. The molecule has 1 aromatic rings. The lowest BCUT2D eigenvalue weighted by Crippen LogP contribution is -2.25. The number of hydrogen-bond acceptors (Lipinski definition) is 4. The molecular formula is C9H14N2O2. The molecule has 0 spiro atoms. The fourth-order valence-corrected chi connectivity index (χ4v) is 1.35. The van der Waals surface area contributed by atoms with E-state index in [2.05, 4.69) is 10.3 Å². The lowest BCUT2D eigenvalue weighted by Gasteiger charge is -2.11. The van der Waals surface area contributed by atoms with E-state index < -0.39 is 0 Å². The van der Waals surface area contributed by atoms with Crippen molar-refractivity contribution < 1.29 is 9.52 Å². The molecule has 4 heteroatoms. The van der Waals surface area contributed by atoms with Crippen molar-refractivity contribution >= 4 is 0 Å². The molecule has 0 radical (unpaired) electrons. The van der Waals surface area contributed by atoms with E-state index in [1.807, 2.05) is 0 Å². The molecule has 4 nitrogen and oxygen atoms in total. The van der Waals surface area contributed by atoms with Crippen LogP contribution in [0.25, 0.3) is 0 Å². The predicted molar refractivity (Wildman–Crippen MR) is 47.0 cm³/mol. The molecule has 0 saturated heterocycles. The van der Waals surface area contributed by atoms with Crippen LogP contribution < -0.4 is 5.32 Å². The van der Waals surface area contributed by atoms with E-state index in [1.165, 1.54) is 6.39 Å². The van der Waals surface area contributed by atoms with Crippen LogP contribution in [0.4, 0.5) is 0 Å². The summed E-state index contributed by atoms with van der Waals surface area (Å²) < 4.78 is 5.07. The Morgan fingerprint density at radius 2 is 2.46 bits per heavy atom. The molecule has 0 unspecified atom stereocenters. The number of aliphatic hydroxyl groups is 1. The standard InChI is InChI=1S/C9H14N2O2/c12-6-9(1-2-9)5-10-3-8-4-11-7-13-8/h4,7,10,12H,1-3,5-6H2. The van der Waals surface area contributed by atoms with Crippen LogP contribution in [0.15, 0.2) is 17.0 Å². The smallest absolute Gasteiger partial charge is 0.180 e. The second-order valence-electron chi connectivity index (χ2n) is 3.73. The zero-order valence-corrected chi connectivity index (χ0v) is 7.49. The second-order valence-corrected chi connectivity index (χ2v) is 3.73. The molecule has 1 aliphatic rings. The Hall–Kier alpha value is -0.870. The van der Waals surface area contributed by atoms with Crippen molar-refractivity contribution in [1.29, 1.82) is 0 Å². The summed E-state index contributed by atoms with van der Waals surface area (Å²) in [5.41, 5.74) is 0.167. The van der Waals surface area contributed by atoms with Gasteiger partial charge in [-0.1, -0.05) is 0 Å². The van der Waals surface area contributed by atoms with Crippen LogP contribution in [0.2, 0.25) is 0 Å². The fraction of sp³-hybridized carbons (Fsp3) is 0.667. The van der Waals surface area contributed by atoms with E-state index in [4.69, 9.17) is 9.52 Å². The molecular weight excluding hydrogens is 168 g/mol. The maximum Gasteiger partial charge on any atom is 0.180 e. The second kappa shape index (κ2) is 3.47. The number of nitrogens with one attached hydrogen (secondary N) is 1. The van der Waals surface area contributed by atoms with Crippen molar-refractivity contribution in [2.75, 3.05) is 13.2 Å². The van der Waals surface area contributed by atoms with E-state index in [9.17, 15) is 0 Å². The summed E-state index contributed by atoms with van der Waals surface area (Å²) in [5.74, 6) is 0.841. The highest BCUT2D eigenvalue weighted by atomic mass is 16.3. The van der Waals surface area contributed by atoms with Gasteiger partial charge in [-0.3, -0.25) is 0 Å². The summed E-state index contributed by atoms with van der Waals surface area (Å²) in [5, 5.41) is 12.3. The van der Waals surface area contributed by atoms with Crippen molar-refractivity contribution in [2.45, 2.75) is 19.4 Å². The lowest BCUT2D eigenvalue weighted by molar-refractivity contribution is 0.206. The fourth-order valence-electron chi connectivity index (χ4n) is 1.35. The van der Waals surface area contributed by atoms with Crippen LogP contribution in [-0.4, -0.2) is 23.2 Å². The number of hydrogen-bond donors (Lipinski definition) is 2. The molecule has 2 rings (SSSR count). The number of aliphatic hydroxyl groups excluding tert-OH is 1. The first-order valence-corrected chi connectivity index (χ1v) is 4.54. The van der Waals surface area contributed by atoms with Gasteiger partial charge in [0.2, 0.25) is 0 Å². The molecule has 13 heavy (non-hydrogen) atoms. The highest BCUT2D eigenvalue weighted by molar-refractivity contribution is 4.95. The Morgan fingerprint density at radius 3 is 3.00 bits per heavy atom. The molecule has 0 amide bonds. The van der Waals surface area contributed by atoms with Crippen LogP contribution in [0, 0.1) is 5.41 Å². The number of aromatic nitrogens is 1. The van der Waals surface area contributed by atoms with Gasteiger partial charge in [0.15, 0.2) is 6.39 Å². The maximum atomic E-state index is 9.04. The van der Waals surface area contributed by atoms with Gasteiger partial charge in [0.25, 0.3) is 0 Å². The van der Waals surface area contributed by atoms with Crippen molar-refractivity contribution in [2.24, 2.45) is 5.41 Å². The monoisotopic (exact) mass is 182 g/mol. The first-order chi connectivity index (χ1) is 6.35. The van der Waals surface area contributed by atoms with E-state index in [0.29, 0.717) is 6.54 Å². The van der Waals surface area contributed by atoms with Crippen LogP contribution in [0.1, 0.15) is 18.6 Å². The van der Waals surface area contributed by atoms with E-state index >= 15 is 0 Å². The number of oxazole rings is 1. The first kappa shape index (κ1) is 8.72. The highest BCUT2D eigenvalue weighted by Crippen LogP contribution is 2.44. The molecule has 1 heterocycles. The third-order valence-corrected chi connectivity index (χ3v) is 2.58. The van der Waals surface area contributed by atoms with Crippen LogP contribution in [0.5, 0.6) is 0 Å². The molecule has 2 N–H and O–H groups in total. The highest BCUT2D eigenvalue weighted by Gasteiger charge is 2.41. The normalized spacial score (nSPS) is 18.8. The van der Waals surface area contributed by atoms with E-state index in [-0.39, 0.29) is 12.0 Å². The first-order valence-electron chi connectivity index (χ1n) is 4.54. The molecule has 1 aromatic heterocycles. The summed E-state index contributed by atoms with van der Waals surface area (Å²) in [6.07, 6.45) is 5.39. The Bertz CT molecular complexity index is 255. The molecule has 0 aliphatic heterocycles.